The standard InChI is InChI=1S/C24H21N3O/c1-16-8-11-18(12-9-16)15-25-27-24(28)23-22(19-6-4-3-5-7-19)20-14-17(2)10-13-21(20)26-23/h3-15,26H,1-2H3,(H,27,28). The van der Waals surface area contributed by atoms with Crippen molar-refractivity contribution in [2.24, 2.45) is 5.10 Å². The summed E-state index contributed by atoms with van der Waals surface area (Å²) in [4.78, 5) is 16.1. The quantitative estimate of drug-likeness (QED) is 0.377. The van der Waals surface area contributed by atoms with Crippen LogP contribution in [0.2, 0.25) is 0 Å². The number of H-pyrrole nitrogens is 1. The van der Waals surface area contributed by atoms with Gasteiger partial charge in [0.25, 0.3) is 5.91 Å². The van der Waals surface area contributed by atoms with Crippen LogP contribution in [0.4, 0.5) is 0 Å². The minimum atomic E-state index is -0.268. The van der Waals surface area contributed by atoms with E-state index >= 15 is 0 Å². The molecule has 0 spiro atoms. The number of amides is 1. The van der Waals surface area contributed by atoms with Gasteiger partial charge in [-0.2, -0.15) is 5.10 Å². The molecule has 1 amide bonds. The fourth-order valence-electron chi connectivity index (χ4n) is 3.25. The number of aryl methyl sites for hydroxylation is 2. The Balaban J connectivity index is 1.69. The summed E-state index contributed by atoms with van der Waals surface area (Å²) in [5.74, 6) is -0.268. The predicted molar refractivity (Wildman–Crippen MR) is 115 cm³/mol. The first kappa shape index (κ1) is 17.7. The maximum Gasteiger partial charge on any atom is 0.288 e. The maximum absolute atomic E-state index is 12.9. The van der Waals surface area contributed by atoms with Crippen LogP contribution in [-0.4, -0.2) is 17.1 Å². The van der Waals surface area contributed by atoms with Crippen molar-refractivity contribution in [3.63, 3.8) is 0 Å². The van der Waals surface area contributed by atoms with E-state index in [9.17, 15) is 4.79 Å². The second-order valence-electron chi connectivity index (χ2n) is 6.90. The molecule has 0 saturated carbocycles. The zero-order valence-electron chi connectivity index (χ0n) is 15.9. The number of hydrogen-bond donors (Lipinski definition) is 2. The van der Waals surface area contributed by atoms with Crippen LogP contribution >= 0.6 is 0 Å². The highest BCUT2D eigenvalue weighted by Crippen LogP contribution is 2.33. The van der Waals surface area contributed by atoms with Crippen molar-refractivity contribution >= 4 is 23.0 Å². The average molecular weight is 367 g/mol. The highest BCUT2D eigenvalue weighted by atomic mass is 16.2. The molecule has 3 aromatic carbocycles. The number of carbonyl (C=O) groups is 1. The molecule has 0 radical (unpaired) electrons. The number of fused-ring (bicyclic) bond motifs is 1. The van der Waals surface area contributed by atoms with Gasteiger partial charge in [-0.1, -0.05) is 71.8 Å². The smallest absolute Gasteiger partial charge is 0.288 e. The summed E-state index contributed by atoms with van der Waals surface area (Å²) in [5.41, 5.74) is 9.23. The molecule has 4 nitrogen and oxygen atoms in total. The molecular weight excluding hydrogens is 346 g/mol. The molecule has 28 heavy (non-hydrogen) atoms. The number of hydrogen-bond acceptors (Lipinski definition) is 2. The molecule has 0 aliphatic rings. The van der Waals surface area contributed by atoms with Gasteiger partial charge in [-0.3, -0.25) is 4.79 Å². The number of nitrogens with zero attached hydrogens (tertiary/aromatic N) is 1. The molecule has 4 heteroatoms. The summed E-state index contributed by atoms with van der Waals surface area (Å²) in [7, 11) is 0. The number of hydrazone groups is 1. The van der Waals surface area contributed by atoms with E-state index in [1.54, 1.807) is 6.21 Å². The van der Waals surface area contributed by atoms with Crippen molar-refractivity contribution in [2.75, 3.05) is 0 Å². The number of aromatic nitrogens is 1. The van der Waals surface area contributed by atoms with Crippen molar-refractivity contribution in [3.8, 4) is 11.1 Å². The number of carbonyl (C=O) groups excluding carboxylic acids is 1. The summed E-state index contributed by atoms with van der Waals surface area (Å²) >= 11 is 0. The fourth-order valence-corrected chi connectivity index (χ4v) is 3.25. The number of aromatic amines is 1. The third-order valence-electron chi connectivity index (χ3n) is 4.70. The Morgan fingerprint density at radius 3 is 2.39 bits per heavy atom. The SMILES string of the molecule is Cc1ccc(C=NNC(=O)c2[nH]c3ccc(C)cc3c2-c2ccccc2)cc1. The maximum atomic E-state index is 12.9. The highest BCUT2D eigenvalue weighted by Gasteiger charge is 2.19. The summed E-state index contributed by atoms with van der Waals surface area (Å²) in [6, 6.07) is 24.0. The Kier molecular flexibility index (Phi) is 4.77. The topological polar surface area (TPSA) is 57.2 Å². The Morgan fingerprint density at radius 1 is 0.929 bits per heavy atom. The van der Waals surface area contributed by atoms with Crippen LogP contribution in [0.3, 0.4) is 0 Å². The van der Waals surface area contributed by atoms with E-state index in [0.29, 0.717) is 5.69 Å². The van der Waals surface area contributed by atoms with Gasteiger partial charge in [0.1, 0.15) is 5.69 Å². The van der Waals surface area contributed by atoms with Gasteiger partial charge in [0.2, 0.25) is 0 Å². The van der Waals surface area contributed by atoms with Crippen molar-refractivity contribution in [1.29, 1.82) is 0 Å². The van der Waals surface area contributed by atoms with E-state index in [4.69, 9.17) is 0 Å². The molecule has 1 aromatic heterocycles. The molecular formula is C24H21N3O. The Morgan fingerprint density at radius 2 is 1.64 bits per heavy atom. The molecule has 0 bridgehead atoms. The van der Waals surface area contributed by atoms with Gasteiger partial charge in [-0.05, 0) is 37.1 Å². The lowest BCUT2D eigenvalue weighted by atomic mass is 10.0. The first-order valence-corrected chi connectivity index (χ1v) is 9.19. The van der Waals surface area contributed by atoms with Gasteiger partial charge < -0.3 is 4.98 Å². The molecule has 0 aliphatic heterocycles. The van der Waals surface area contributed by atoms with E-state index in [0.717, 1.165) is 33.2 Å². The second kappa shape index (κ2) is 7.53. The predicted octanol–water partition coefficient (Wildman–Crippen LogP) is 5.22. The molecule has 0 unspecified atom stereocenters. The Hall–Kier alpha value is -3.66. The molecule has 0 fully saturated rings. The first-order chi connectivity index (χ1) is 13.6. The molecule has 1 heterocycles. The third kappa shape index (κ3) is 3.58. The molecule has 2 N–H and O–H groups in total. The van der Waals surface area contributed by atoms with Crippen LogP contribution < -0.4 is 5.43 Å². The normalized spacial score (nSPS) is 11.2. The summed E-state index contributed by atoms with van der Waals surface area (Å²) in [6.07, 6.45) is 1.65. The zero-order chi connectivity index (χ0) is 19.5. The molecule has 4 aromatic rings. The lowest BCUT2D eigenvalue weighted by Crippen LogP contribution is -2.18. The monoisotopic (exact) mass is 367 g/mol. The minimum Gasteiger partial charge on any atom is -0.350 e. The Labute approximate surface area is 163 Å². The van der Waals surface area contributed by atoms with E-state index in [1.165, 1.54) is 5.56 Å². The van der Waals surface area contributed by atoms with Gasteiger partial charge in [-0.15, -0.1) is 0 Å². The zero-order valence-corrected chi connectivity index (χ0v) is 15.9. The average Bonchev–Trinajstić information content (AvgIpc) is 3.09. The van der Waals surface area contributed by atoms with Crippen LogP contribution in [0.15, 0.2) is 77.9 Å². The first-order valence-electron chi connectivity index (χ1n) is 9.19. The Bertz CT molecular complexity index is 1160. The second-order valence-corrected chi connectivity index (χ2v) is 6.90. The fraction of sp³-hybridized carbons (Fsp3) is 0.0833. The largest absolute Gasteiger partial charge is 0.350 e. The highest BCUT2D eigenvalue weighted by molar-refractivity contribution is 6.10. The van der Waals surface area contributed by atoms with Crippen molar-refractivity contribution in [3.05, 3.63) is 95.2 Å². The number of benzene rings is 3. The molecule has 0 atom stereocenters. The summed E-state index contributed by atoms with van der Waals surface area (Å²) < 4.78 is 0. The van der Waals surface area contributed by atoms with Gasteiger partial charge in [0.05, 0.1) is 6.21 Å². The van der Waals surface area contributed by atoms with Crippen LogP contribution in [0.5, 0.6) is 0 Å². The molecule has 0 saturated heterocycles. The van der Waals surface area contributed by atoms with E-state index in [2.05, 4.69) is 21.6 Å². The molecule has 138 valence electrons. The lowest BCUT2D eigenvalue weighted by molar-refractivity contribution is 0.0951. The molecule has 0 aliphatic carbocycles. The van der Waals surface area contributed by atoms with E-state index in [1.807, 2.05) is 80.6 Å². The van der Waals surface area contributed by atoms with Crippen LogP contribution in [0.1, 0.15) is 27.2 Å². The van der Waals surface area contributed by atoms with Crippen molar-refractivity contribution < 1.29 is 4.79 Å². The number of rotatable bonds is 4. The van der Waals surface area contributed by atoms with Gasteiger partial charge >= 0.3 is 0 Å². The molecule has 4 rings (SSSR count). The summed E-state index contributed by atoms with van der Waals surface area (Å²) in [6.45, 7) is 4.08. The van der Waals surface area contributed by atoms with Gasteiger partial charge in [0, 0.05) is 16.5 Å². The van der Waals surface area contributed by atoms with Crippen LogP contribution in [0, 0.1) is 13.8 Å². The minimum absolute atomic E-state index is 0.268. The summed E-state index contributed by atoms with van der Waals surface area (Å²) in [5, 5.41) is 5.15. The van der Waals surface area contributed by atoms with Gasteiger partial charge in [0.15, 0.2) is 0 Å². The van der Waals surface area contributed by atoms with Crippen LogP contribution in [-0.2, 0) is 0 Å². The van der Waals surface area contributed by atoms with Gasteiger partial charge in [-0.25, -0.2) is 5.43 Å². The lowest BCUT2D eigenvalue weighted by Gasteiger charge is -2.04. The van der Waals surface area contributed by atoms with Crippen LogP contribution in [0.25, 0.3) is 22.0 Å². The van der Waals surface area contributed by atoms with Crippen molar-refractivity contribution in [2.45, 2.75) is 13.8 Å². The van der Waals surface area contributed by atoms with E-state index in [-0.39, 0.29) is 5.91 Å². The number of nitrogens with one attached hydrogen (secondary N) is 2. The third-order valence-corrected chi connectivity index (χ3v) is 4.70. The van der Waals surface area contributed by atoms with E-state index < -0.39 is 0 Å². The van der Waals surface area contributed by atoms with Crippen molar-refractivity contribution in [1.82, 2.24) is 10.4 Å².